The highest BCUT2D eigenvalue weighted by molar-refractivity contribution is 9.10. The van der Waals surface area contributed by atoms with Crippen LogP contribution in [0.15, 0.2) is 45.7 Å². The molecule has 0 atom stereocenters. The smallest absolute Gasteiger partial charge is 0.272 e. The van der Waals surface area contributed by atoms with Crippen molar-refractivity contribution in [1.29, 1.82) is 0 Å². The number of rotatable bonds is 9. The fourth-order valence-electron chi connectivity index (χ4n) is 3.27. The molecule has 0 aliphatic heterocycles. The van der Waals surface area contributed by atoms with Crippen LogP contribution in [0.4, 0.5) is 8.78 Å². The fraction of sp³-hybridized carbons (Fsp3) is 0.261. The first-order valence-corrected chi connectivity index (χ1v) is 10.7. The van der Waals surface area contributed by atoms with E-state index in [0.717, 1.165) is 23.3 Å². The maximum Gasteiger partial charge on any atom is 0.272 e. The van der Waals surface area contributed by atoms with Crippen molar-refractivity contribution in [2.45, 2.75) is 26.5 Å². The van der Waals surface area contributed by atoms with E-state index in [2.05, 4.69) is 20.9 Å². The lowest BCUT2D eigenvalue weighted by Crippen LogP contribution is -2.26. The van der Waals surface area contributed by atoms with Gasteiger partial charge in [-0.3, -0.25) is 14.2 Å². The predicted molar refractivity (Wildman–Crippen MR) is 121 cm³/mol. The zero-order valence-corrected chi connectivity index (χ0v) is 19.6. The molecule has 0 saturated heterocycles. The minimum absolute atomic E-state index is 0.00216. The summed E-state index contributed by atoms with van der Waals surface area (Å²) in [6.07, 6.45) is 0.491. The summed E-state index contributed by atoms with van der Waals surface area (Å²) in [5.74, 6) is -1.61. The zero-order chi connectivity index (χ0) is 24.1. The van der Waals surface area contributed by atoms with Gasteiger partial charge in [0.25, 0.3) is 5.56 Å². The zero-order valence-electron chi connectivity index (χ0n) is 18.0. The Bertz CT molecular complexity index is 1250. The Morgan fingerprint density at radius 2 is 1.94 bits per heavy atom. The number of ether oxygens (including phenoxy) is 2. The first-order valence-electron chi connectivity index (χ1n) is 9.95. The van der Waals surface area contributed by atoms with Gasteiger partial charge >= 0.3 is 0 Å². The van der Waals surface area contributed by atoms with Crippen molar-refractivity contribution in [2.75, 3.05) is 13.7 Å². The number of hydrogen-bond acceptors (Lipinski definition) is 5. The number of carbonyl (C=O) groups excluding carboxylic acids is 1. The van der Waals surface area contributed by atoms with E-state index in [1.165, 1.54) is 10.6 Å². The highest BCUT2D eigenvalue weighted by Gasteiger charge is 2.16. The van der Waals surface area contributed by atoms with Crippen LogP contribution < -0.4 is 16.0 Å². The number of aromatic nitrogens is 2. The van der Waals surface area contributed by atoms with E-state index in [-0.39, 0.29) is 29.1 Å². The van der Waals surface area contributed by atoms with Gasteiger partial charge in [0, 0.05) is 24.3 Å². The molecule has 0 saturated carbocycles. The van der Waals surface area contributed by atoms with Crippen molar-refractivity contribution in [3.8, 4) is 5.88 Å². The quantitative estimate of drug-likeness (QED) is 0.464. The average Bonchev–Trinajstić information content (AvgIpc) is 2.77. The van der Waals surface area contributed by atoms with E-state index in [0.29, 0.717) is 24.4 Å². The van der Waals surface area contributed by atoms with Crippen LogP contribution in [-0.2, 0) is 24.3 Å². The number of halogens is 3. The number of carbonyl (C=O) groups is 1. The van der Waals surface area contributed by atoms with Gasteiger partial charge in [-0.25, -0.2) is 8.78 Å². The average molecular weight is 522 g/mol. The molecule has 3 rings (SSSR count). The van der Waals surface area contributed by atoms with Gasteiger partial charge in [-0.05, 0) is 58.6 Å². The largest absolute Gasteiger partial charge is 0.472 e. The van der Waals surface area contributed by atoms with Gasteiger partial charge in [-0.15, -0.1) is 0 Å². The van der Waals surface area contributed by atoms with Crippen LogP contribution in [0.2, 0.25) is 0 Å². The monoisotopic (exact) mass is 521 g/mol. The van der Waals surface area contributed by atoms with Crippen LogP contribution in [0.3, 0.4) is 0 Å². The summed E-state index contributed by atoms with van der Waals surface area (Å²) in [4.78, 5) is 29.0. The maximum absolute atomic E-state index is 13.9. The molecule has 0 unspecified atom stereocenters. The standard InChI is InChI=1S/C23H22BrF2N3O4/c1-13-28-22(33-12-16-4-5-17(25)10-19(16)26)20(24)23(31)29(13)11-14-3-6-18(21(27)30)15(9-14)7-8-32-2/h3-6,9-10H,7-8,11-12H2,1-2H3,(H2,27,30). The minimum Gasteiger partial charge on any atom is -0.472 e. The van der Waals surface area contributed by atoms with Gasteiger partial charge in [-0.2, -0.15) is 4.98 Å². The molecule has 1 aromatic heterocycles. The third-order valence-corrected chi connectivity index (χ3v) is 5.68. The maximum atomic E-state index is 13.9. The SMILES string of the molecule is COCCc1cc(Cn2c(C)nc(OCc3ccc(F)cc3F)c(Br)c2=O)ccc1C(N)=O. The Hall–Kier alpha value is -3.11. The molecule has 0 bridgehead atoms. The molecule has 3 aromatic rings. The number of nitrogens with zero attached hydrogens (tertiary/aromatic N) is 2. The first kappa shape index (κ1) is 24.5. The first-order chi connectivity index (χ1) is 15.7. The summed E-state index contributed by atoms with van der Waals surface area (Å²) >= 11 is 3.21. The van der Waals surface area contributed by atoms with Crippen LogP contribution in [-0.4, -0.2) is 29.2 Å². The van der Waals surface area contributed by atoms with E-state index in [9.17, 15) is 18.4 Å². The third-order valence-electron chi connectivity index (χ3n) is 5.01. The molecule has 1 heterocycles. The molecular weight excluding hydrogens is 500 g/mol. The third kappa shape index (κ3) is 5.82. The molecular formula is C23H22BrF2N3O4. The highest BCUT2D eigenvalue weighted by atomic mass is 79.9. The number of nitrogens with two attached hydrogens (primary N) is 1. The predicted octanol–water partition coefficient (Wildman–Crippen LogP) is 3.51. The second-order valence-corrected chi connectivity index (χ2v) is 8.09. The van der Waals surface area contributed by atoms with Gasteiger partial charge in [0.1, 0.15) is 28.5 Å². The molecule has 0 spiro atoms. The topological polar surface area (TPSA) is 96.4 Å². The van der Waals surface area contributed by atoms with E-state index < -0.39 is 23.1 Å². The molecule has 2 N–H and O–H groups in total. The van der Waals surface area contributed by atoms with Gasteiger partial charge in [0.2, 0.25) is 11.8 Å². The van der Waals surface area contributed by atoms with Crippen molar-refractivity contribution >= 4 is 21.8 Å². The Morgan fingerprint density at radius 1 is 1.18 bits per heavy atom. The van der Waals surface area contributed by atoms with Crippen molar-refractivity contribution in [3.05, 3.63) is 90.9 Å². The molecule has 174 valence electrons. The van der Waals surface area contributed by atoms with Crippen molar-refractivity contribution in [2.24, 2.45) is 5.73 Å². The van der Waals surface area contributed by atoms with E-state index in [1.807, 2.05) is 0 Å². The normalized spacial score (nSPS) is 10.9. The highest BCUT2D eigenvalue weighted by Crippen LogP contribution is 2.22. The van der Waals surface area contributed by atoms with E-state index in [4.69, 9.17) is 15.2 Å². The van der Waals surface area contributed by atoms with Crippen LogP contribution in [0.5, 0.6) is 5.88 Å². The summed E-state index contributed by atoms with van der Waals surface area (Å²) < 4.78 is 39.1. The van der Waals surface area contributed by atoms with Crippen LogP contribution >= 0.6 is 15.9 Å². The van der Waals surface area contributed by atoms with E-state index in [1.54, 1.807) is 32.2 Å². The number of amides is 1. The van der Waals surface area contributed by atoms with Crippen LogP contribution in [0.25, 0.3) is 0 Å². The van der Waals surface area contributed by atoms with Crippen molar-refractivity contribution in [1.82, 2.24) is 9.55 Å². The van der Waals surface area contributed by atoms with Gasteiger partial charge in [0.15, 0.2) is 0 Å². The summed E-state index contributed by atoms with van der Waals surface area (Å²) in [7, 11) is 1.56. The van der Waals surface area contributed by atoms with Crippen molar-refractivity contribution in [3.63, 3.8) is 0 Å². The lowest BCUT2D eigenvalue weighted by molar-refractivity contribution is 0.0999. The molecule has 33 heavy (non-hydrogen) atoms. The molecule has 0 fully saturated rings. The van der Waals surface area contributed by atoms with Gasteiger partial charge in [0.05, 0.1) is 13.2 Å². The Balaban J connectivity index is 1.85. The molecule has 7 nitrogen and oxygen atoms in total. The number of aryl methyl sites for hydroxylation is 1. The van der Waals surface area contributed by atoms with E-state index >= 15 is 0 Å². The van der Waals surface area contributed by atoms with Crippen LogP contribution in [0, 0.1) is 18.6 Å². The Kier molecular flexibility index (Phi) is 7.93. The summed E-state index contributed by atoms with van der Waals surface area (Å²) in [6.45, 7) is 2.03. The molecule has 1 amide bonds. The number of hydrogen-bond donors (Lipinski definition) is 1. The second kappa shape index (κ2) is 10.7. The van der Waals surface area contributed by atoms with Crippen LogP contribution in [0.1, 0.15) is 32.9 Å². The molecule has 2 aromatic carbocycles. The Morgan fingerprint density at radius 3 is 2.61 bits per heavy atom. The molecule has 0 aliphatic carbocycles. The van der Waals surface area contributed by atoms with Gasteiger partial charge in [-0.1, -0.05) is 12.1 Å². The summed E-state index contributed by atoms with van der Waals surface area (Å²) in [5.41, 5.74) is 7.08. The molecule has 0 aliphatic rings. The number of primary amides is 1. The summed E-state index contributed by atoms with van der Waals surface area (Å²) in [6, 6.07) is 8.30. The Labute approximate surface area is 197 Å². The minimum atomic E-state index is -0.750. The second-order valence-electron chi connectivity index (χ2n) is 7.29. The summed E-state index contributed by atoms with van der Waals surface area (Å²) in [5, 5.41) is 0. The van der Waals surface area contributed by atoms with Gasteiger partial charge < -0.3 is 15.2 Å². The number of methoxy groups -OCH3 is 1. The lowest BCUT2D eigenvalue weighted by atomic mass is 10.0. The van der Waals surface area contributed by atoms with Crippen molar-refractivity contribution < 1.29 is 23.0 Å². The number of benzene rings is 2. The fourth-order valence-corrected chi connectivity index (χ4v) is 3.68. The molecule has 10 heteroatoms. The lowest BCUT2D eigenvalue weighted by Gasteiger charge is -2.15. The molecule has 0 radical (unpaired) electrons.